The van der Waals surface area contributed by atoms with E-state index in [1.54, 1.807) is 18.2 Å². The first-order chi connectivity index (χ1) is 24.3. The summed E-state index contributed by atoms with van der Waals surface area (Å²) in [6, 6.07) is 27.7. The Morgan fingerprint density at radius 3 is 1.96 bits per heavy atom. The molecule has 0 fully saturated rings. The average molecular weight is 673 g/mol. The van der Waals surface area contributed by atoms with Crippen molar-refractivity contribution >= 4 is 46.2 Å². The number of rotatable bonds is 14. The Bertz CT molecular complexity index is 1990. The molecule has 3 N–H and O–H groups in total. The third-order valence-electron chi connectivity index (χ3n) is 8.20. The van der Waals surface area contributed by atoms with Crippen LogP contribution in [-0.4, -0.2) is 62.0 Å². The fourth-order valence-electron chi connectivity index (χ4n) is 5.52. The van der Waals surface area contributed by atoms with Crippen LogP contribution in [0.5, 0.6) is 5.75 Å². The van der Waals surface area contributed by atoms with Gasteiger partial charge in [-0.05, 0) is 84.5 Å². The Kier molecular flexibility index (Phi) is 10.6. The number of phenols is 1. The number of unbranched alkanes of at least 4 members (excludes halogenated alkanes) is 2. The molecule has 1 aliphatic rings. The number of hydrogen-bond donors (Lipinski definition) is 3. The lowest BCUT2D eigenvalue weighted by atomic mass is 10.0. The molecule has 0 spiro atoms. The van der Waals surface area contributed by atoms with Gasteiger partial charge in [0.15, 0.2) is 0 Å². The van der Waals surface area contributed by atoms with Gasteiger partial charge in [0.2, 0.25) is 5.91 Å². The fourth-order valence-corrected chi connectivity index (χ4v) is 5.52. The third-order valence-corrected chi connectivity index (χ3v) is 8.20. The third kappa shape index (κ3) is 8.78. The Morgan fingerprint density at radius 2 is 1.32 bits per heavy atom. The molecular formula is C38H36N6O6. The number of aromatic nitrogens is 3. The first-order valence-electron chi connectivity index (χ1n) is 16.4. The van der Waals surface area contributed by atoms with Gasteiger partial charge in [-0.1, -0.05) is 48.9 Å². The van der Waals surface area contributed by atoms with E-state index >= 15 is 0 Å². The minimum atomic E-state index is -0.568. The first kappa shape index (κ1) is 33.6. The van der Waals surface area contributed by atoms with E-state index in [0.717, 1.165) is 34.1 Å². The van der Waals surface area contributed by atoms with Crippen molar-refractivity contribution in [3.63, 3.8) is 0 Å². The van der Waals surface area contributed by atoms with Gasteiger partial charge in [-0.3, -0.25) is 24.6 Å². The van der Waals surface area contributed by atoms with E-state index in [2.05, 4.69) is 20.8 Å². The van der Waals surface area contributed by atoms with Gasteiger partial charge in [0.1, 0.15) is 22.5 Å². The molecule has 4 aromatic carbocycles. The summed E-state index contributed by atoms with van der Waals surface area (Å²) in [5.74, 6) is -0.598. The molecule has 12 nitrogen and oxygen atoms in total. The molecule has 0 aliphatic carbocycles. The van der Waals surface area contributed by atoms with Gasteiger partial charge in [0.25, 0.3) is 11.8 Å². The maximum atomic E-state index is 12.4. The molecule has 1 aromatic heterocycles. The van der Waals surface area contributed by atoms with Crippen LogP contribution in [0.2, 0.25) is 0 Å². The number of hydrogen-bond acceptors (Lipinski definition) is 8. The van der Waals surface area contributed by atoms with Crippen LogP contribution in [0.1, 0.15) is 42.4 Å². The molecule has 4 amide bonds. The van der Waals surface area contributed by atoms with Gasteiger partial charge < -0.3 is 15.2 Å². The topological polar surface area (TPSA) is 156 Å². The molecule has 0 saturated carbocycles. The van der Waals surface area contributed by atoms with Crippen LogP contribution in [0, 0.1) is 0 Å². The Labute approximate surface area is 288 Å². The predicted octanol–water partition coefficient (Wildman–Crippen LogP) is 5.93. The summed E-state index contributed by atoms with van der Waals surface area (Å²) in [7, 11) is 0. The van der Waals surface area contributed by atoms with Gasteiger partial charge in [-0.2, -0.15) is 0 Å². The van der Waals surface area contributed by atoms with Gasteiger partial charge in [-0.15, -0.1) is 15.0 Å². The molecule has 1 aliphatic heterocycles. The molecule has 0 atom stereocenters. The van der Waals surface area contributed by atoms with E-state index in [4.69, 9.17) is 4.74 Å². The highest BCUT2D eigenvalue weighted by Crippen LogP contribution is 2.24. The lowest BCUT2D eigenvalue weighted by Gasteiger charge is -2.13. The quantitative estimate of drug-likeness (QED) is 0.0968. The monoisotopic (exact) mass is 672 g/mol. The van der Waals surface area contributed by atoms with Crippen molar-refractivity contribution in [3.8, 4) is 11.4 Å². The number of ether oxygens (including phenoxy) is 1. The average Bonchev–Trinajstić information content (AvgIpc) is 3.69. The smallest absolute Gasteiger partial charge is 0.411 e. The van der Waals surface area contributed by atoms with Crippen molar-refractivity contribution in [1.29, 1.82) is 0 Å². The van der Waals surface area contributed by atoms with E-state index in [1.165, 1.54) is 21.8 Å². The van der Waals surface area contributed by atoms with Crippen molar-refractivity contribution in [1.82, 2.24) is 19.9 Å². The summed E-state index contributed by atoms with van der Waals surface area (Å²) in [4.78, 5) is 50.6. The number of amides is 4. The molecule has 0 radical (unpaired) electrons. The summed E-state index contributed by atoms with van der Waals surface area (Å²) in [6.07, 6.45) is 5.53. The van der Waals surface area contributed by atoms with Crippen LogP contribution in [0.15, 0.2) is 103 Å². The standard InChI is InChI=1S/C38H36N6O6/c45-34-18-13-28(25-33(34)44-41-31-6-3-4-7-32(31)42-44)21-23-50-38(49)40-30-16-11-27(12-17-30)24-26-9-14-29(15-10-26)39-35(46)8-2-1-5-22-43-36(47)19-20-37(43)48/h3-4,6-7,9-20,25,45H,1-2,5,8,21-24H2,(H,39,46)(H,40,49). The summed E-state index contributed by atoms with van der Waals surface area (Å²) in [5.41, 5.74) is 6.17. The molecule has 254 valence electrons. The zero-order chi connectivity index (χ0) is 34.9. The van der Waals surface area contributed by atoms with Crippen LogP contribution in [0.4, 0.5) is 16.2 Å². The number of fused-ring (bicyclic) bond motifs is 1. The van der Waals surface area contributed by atoms with Crippen LogP contribution < -0.4 is 10.6 Å². The summed E-state index contributed by atoms with van der Waals surface area (Å²) in [5, 5.41) is 24.9. The van der Waals surface area contributed by atoms with E-state index < -0.39 is 6.09 Å². The molecule has 6 rings (SSSR count). The molecule has 50 heavy (non-hydrogen) atoms. The largest absolute Gasteiger partial charge is 0.506 e. The van der Waals surface area contributed by atoms with Gasteiger partial charge in [0, 0.05) is 42.9 Å². The van der Waals surface area contributed by atoms with Crippen molar-refractivity contribution in [2.75, 3.05) is 23.8 Å². The first-order valence-corrected chi connectivity index (χ1v) is 16.4. The second kappa shape index (κ2) is 15.7. The van der Waals surface area contributed by atoms with E-state index in [9.17, 15) is 24.3 Å². The summed E-state index contributed by atoms with van der Waals surface area (Å²) in [6.45, 7) is 0.511. The van der Waals surface area contributed by atoms with E-state index in [-0.39, 0.29) is 30.1 Å². The maximum Gasteiger partial charge on any atom is 0.411 e. The SMILES string of the molecule is O=C(CCCCCN1C(=O)C=CC1=O)Nc1ccc(Cc2ccc(NC(=O)OCCc3ccc(O)c(-n4nc5ccccc5n4)c3)cc2)cc1. The number of imide groups is 1. The highest BCUT2D eigenvalue weighted by molar-refractivity contribution is 6.12. The zero-order valence-electron chi connectivity index (χ0n) is 27.2. The molecular weight excluding hydrogens is 636 g/mol. The molecule has 2 heterocycles. The van der Waals surface area contributed by atoms with Crippen LogP contribution in [0.25, 0.3) is 16.7 Å². The van der Waals surface area contributed by atoms with Crippen LogP contribution >= 0.6 is 0 Å². The number of carbonyl (C=O) groups excluding carboxylic acids is 4. The molecule has 0 saturated heterocycles. The van der Waals surface area contributed by atoms with Crippen molar-refractivity contribution in [2.45, 2.75) is 38.5 Å². The van der Waals surface area contributed by atoms with Gasteiger partial charge in [-0.25, -0.2) is 4.79 Å². The highest BCUT2D eigenvalue weighted by atomic mass is 16.5. The normalized spacial score (nSPS) is 12.4. The number of benzene rings is 4. The summed E-state index contributed by atoms with van der Waals surface area (Å²) >= 11 is 0. The number of aromatic hydroxyl groups is 1. The van der Waals surface area contributed by atoms with Crippen molar-refractivity contribution in [2.24, 2.45) is 0 Å². The lowest BCUT2D eigenvalue weighted by Crippen LogP contribution is -2.30. The number of anilines is 2. The van der Waals surface area contributed by atoms with Gasteiger partial charge in [0.05, 0.1) is 6.61 Å². The zero-order valence-corrected chi connectivity index (χ0v) is 27.2. The minimum Gasteiger partial charge on any atom is -0.506 e. The van der Waals surface area contributed by atoms with Crippen LogP contribution in [0.3, 0.4) is 0 Å². The van der Waals surface area contributed by atoms with Crippen LogP contribution in [-0.2, 0) is 32.0 Å². The number of carbonyl (C=O) groups is 4. The van der Waals surface area contributed by atoms with Crippen molar-refractivity contribution < 1.29 is 29.0 Å². The minimum absolute atomic E-state index is 0.0459. The molecule has 12 heteroatoms. The van der Waals surface area contributed by atoms with E-state index in [0.29, 0.717) is 55.7 Å². The highest BCUT2D eigenvalue weighted by Gasteiger charge is 2.22. The fraction of sp³-hybridized carbons (Fsp3) is 0.211. The van der Waals surface area contributed by atoms with E-state index in [1.807, 2.05) is 72.8 Å². The Morgan fingerprint density at radius 1 is 0.720 bits per heavy atom. The molecule has 0 bridgehead atoms. The Balaban J connectivity index is 0.894. The van der Waals surface area contributed by atoms with Crippen molar-refractivity contribution in [3.05, 3.63) is 120 Å². The number of phenolic OH excluding ortho intramolecular Hbond substituents is 1. The summed E-state index contributed by atoms with van der Waals surface area (Å²) < 4.78 is 5.39. The lowest BCUT2D eigenvalue weighted by molar-refractivity contribution is -0.136. The van der Waals surface area contributed by atoms with Gasteiger partial charge >= 0.3 is 6.09 Å². The Hall–Kier alpha value is -6.30. The number of nitrogens with one attached hydrogen (secondary N) is 2. The molecule has 5 aromatic rings. The molecule has 0 unspecified atom stereocenters. The second-order valence-corrected chi connectivity index (χ2v) is 11.9. The predicted molar refractivity (Wildman–Crippen MR) is 188 cm³/mol. The maximum absolute atomic E-state index is 12.4. The second-order valence-electron chi connectivity index (χ2n) is 11.9. The number of nitrogens with zero attached hydrogens (tertiary/aromatic N) is 4.